The zero-order chi connectivity index (χ0) is 14.5. The highest BCUT2D eigenvalue weighted by atomic mass is 79.9. The highest BCUT2D eigenvalue weighted by Gasteiger charge is 2.25. The molecule has 2 rings (SSSR count). The van der Waals surface area contributed by atoms with E-state index in [1.54, 1.807) is 11.3 Å². The summed E-state index contributed by atoms with van der Waals surface area (Å²) in [6.45, 7) is 7.03. The van der Waals surface area contributed by atoms with E-state index in [1.807, 2.05) is 0 Å². The van der Waals surface area contributed by atoms with Gasteiger partial charge in [-0.2, -0.15) is 0 Å². The molecule has 3 N–H and O–H groups in total. The molecule has 0 aromatic carbocycles. The van der Waals surface area contributed by atoms with Crippen LogP contribution in [0.4, 0.5) is 0 Å². The van der Waals surface area contributed by atoms with Crippen LogP contribution < -0.4 is 5.73 Å². The predicted octanol–water partition coefficient (Wildman–Crippen LogP) is 2.15. The number of halogens is 1. The van der Waals surface area contributed by atoms with Crippen molar-refractivity contribution in [2.24, 2.45) is 10.9 Å². The molecule has 7 heteroatoms. The summed E-state index contributed by atoms with van der Waals surface area (Å²) in [4.78, 5) is 6.14. The Labute approximate surface area is 132 Å². The van der Waals surface area contributed by atoms with Crippen LogP contribution >= 0.6 is 27.3 Å². The number of piperazine rings is 1. The van der Waals surface area contributed by atoms with Crippen molar-refractivity contribution in [2.45, 2.75) is 25.9 Å². The maximum Gasteiger partial charge on any atom is 0.156 e. The van der Waals surface area contributed by atoms with Gasteiger partial charge in [0.15, 0.2) is 5.84 Å². The van der Waals surface area contributed by atoms with Crippen molar-refractivity contribution < 1.29 is 5.21 Å². The highest BCUT2D eigenvalue weighted by Crippen LogP contribution is 2.23. The Morgan fingerprint density at radius 2 is 2.15 bits per heavy atom. The predicted molar refractivity (Wildman–Crippen MR) is 86.4 cm³/mol. The fourth-order valence-corrected chi connectivity index (χ4v) is 4.14. The standard InChI is InChI=1S/C13H21BrN4OS/c1-2-11(13(15)16-19)18-7-5-17(6-8-18)9-10-3-4-12(14)20-10/h3-4,11,19H,2,5-9H2,1H3,(H2,15,16). The number of rotatable bonds is 5. The molecule has 1 aliphatic rings. The van der Waals surface area contributed by atoms with Crippen LogP contribution in [0.5, 0.6) is 0 Å². The summed E-state index contributed by atoms with van der Waals surface area (Å²) < 4.78 is 1.18. The Morgan fingerprint density at radius 3 is 2.65 bits per heavy atom. The summed E-state index contributed by atoms with van der Waals surface area (Å²) >= 11 is 5.29. The molecule has 1 saturated heterocycles. The van der Waals surface area contributed by atoms with Crippen LogP contribution in [0, 0.1) is 0 Å². The van der Waals surface area contributed by atoms with Crippen molar-refractivity contribution in [3.05, 3.63) is 20.8 Å². The Bertz CT molecular complexity index is 457. The first-order chi connectivity index (χ1) is 9.63. The Balaban J connectivity index is 1.85. The average molecular weight is 361 g/mol. The van der Waals surface area contributed by atoms with E-state index < -0.39 is 0 Å². The van der Waals surface area contributed by atoms with E-state index in [9.17, 15) is 0 Å². The molecule has 5 nitrogen and oxygen atoms in total. The lowest BCUT2D eigenvalue weighted by Gasteiger charge is -2.38. The molecule has 1 atom stereocenters. The van der Waals surface area contributed by atoms with Gasteiger partial charge in [-0.25, -0.2) is 0 Å². The summed E-state index contributed by atoms with van der Waals surface area (Å²) in [5.74, 6) is 0.322. The third-order valence-corrected chi connectivity index (χ3v) is 5.31. The van der Waals surface area contributed by atoms with Crippen molar-refractivity contribution in [1.29, 1.82) is 0 Å². The van der Waals surface area contributed by atoms with Crippen molar-refractivity contribution in [3.8, 4) is 0 Å². The van der Waals surface area contributed by atoms with E-state index >= 15 is 0 Å². The number of thiophene rings is 1. The topological polar surface area (TPSA) is 65.1 Å². The maximum atomic E-state index is 8.84. The largest absolute Gasteiger partial charge is 0.409 e. The van der Waals surface area contributed by atoms with Crippen LogP contribution in [0.2, 0.25) is 0 Å². The van der Waals surface area contributed by atoms with Crippen molar-refractivity contribution in [1.82, 2.24) is 9.80 Å². The third kappa shape index (κ3) is 3.94. The van der Waals surface area contributed by atoms with Crippen LogP contribution in [0.1, 0.15) is 18.2 Å². The number of oxime groups is 1. The monoisotopic (exact) mass is 360 g/mol. The smallest absolute Gasteiger partial charge is 0.156 e. The minimum atomic E-state index is 0.0537. The zero-order valence-electron chi connectivity index (χ0n) is 11.6. The first-order valence-corrected chi connectivity index (χ1v) is 8.43. The van der Waals surface area contributed by atoms with Crippen LogP contribution in [0.25, 0.3) is 0 Å². The second kappa shape index (κ2) is 7.40. The SMILES string of the molecule is CCC(C(N)=NO)N1CCN(Cc2ccc(Br)s2)CC1. The molecule has 0 bridgehead atoms. The number of hydrogen-bond acceptors (Lipinski definition) is 5. The zero-order valence-corrected chi connectivity index (χ0v) is 14.0. The van der Waals surface area contributed by atoms with Crippen molar-refractivity contribution in [2.75, 3.05) is 26.2 Å². The van der Waals surface area contributed by atoms with E-state index in [1.165, 1.54) is 8.66 Å². The lowest BCUT2D eigenvalue weighted by atomic mass is 10.1. The summed E-state index contributed by atoms with van der Waals surface area (Å²) in [6, 6.07) is 4.33. The lowest BCUT2D eigenvalue weighted by Crippen LogP contribution is -2.53. The van der Waals surface area contributed by atoms with E-state index in [4.69, 9.17) is 10.9 Å². The molecule has 1 unspecified atom stereocenters. The molecule has 1 aliphatic heterocycles. The molecule has 0 saturated carbocycles. The third-order valence-electron chi connectivity index (χ3n) is 3.70. The van der Waals surface area contributed by atoms with Gasteiger partial charge in [0, 0.05) is 37.6 Å². The molecule has 0 spiro atoms. The quantitative estimate of drug-likeness (QED) is 0.365. The number of nitrogens with two attached hydrogens (primary N) is 1. The number of amidine groups is 1. The van der Waals surface area contributed by atoms with Gasteiger partial charge in [0.05, 0.1) is 9.83 Å². The Morgan fingerprint density at radius 1 is 1.45 bits per heavy atom. The highest BCUT2D eigenvalue weighted by molar-refractivity contribution is 9.11. The normalized spacial score (nSPS) is 20.2. The molecule has 1 fully saturated rings. The van der Waals surface area contributed by atoms with Gasteiger partial charge in [-0.05, 0) is 34.5 Å². The molecule has 0 aliphatic carbocycles. The average Bonchev–Trinajstić information content (AvgIpc) is 2.86. The number of nitrogens with zero attached hydrogens (tertiary/aromatic N) is 3. The molecule has 112 valence electrons. The summed E-state index contributed by atoms with van der Waals surface area (Å²) in [5.41, 5.74) is 5.76. The van der Waals surface area contributed by atoms with Crippen molar-refractivity contribution >= 4 is 33.1 Å². The van der Waals surface area contributed by atoms with Gasteiger partial charge < -0.3 is 10.9 Å². The fourth-order valence-electron chi connectivity index (χ4n) is 2.61. The first kappa shape index (κ1) is 15.8. The van der Waals surface area contributed by atoms with Gasteiger partial charge in [-0.1, -0.05) is 12.1 Å². The molecule has 20 heavy (non-hydrogen) atoms. The number of hydrogen-bond donors (Lipinski definition) is 2. The van der Waals surface area contributed by atoms with E-state index in [0.717, 1.165) is 39.1 Å². The van der Waals surface area contributed by atoms with Gasteiger partial charge in [-0.15, -0.1) is 11.3 Å². The van der Waals surface area contributed by atoms with E-state index in [2.05, 4.69) is 49.9 Å². The second-order valence-electron chi connectivity index (χ2n) is 4.97. The molecule has 0 amide bonds. The minimum absolute atomic E-state index is 0.0537. The first-order valence-electron chi connectivity index (χ1n) is 6.82. The lowest BCUT2D eigenvalue weighted by molar-refractivity contribution is 0.110. The van der Waals surface area contributed by atoms with Crippen LogP contribution in [-0.4, -0.2) is 53.1 Å². The Kier molecular flexibility index (Phi) is 5.83. The van der Waals surface area contributed by atoms with Gasteiger partial charge in [0.25, 0.3) is 0 Å². The van der Waals surface area contributed by atoms with E-state index in [0.29, 0.717) is 5.84 Å². The van der Waals surface area contributed by atoms with Gasteiger partial charge in [-0.3, -0.25) is 9.80 Å². The minimum Gasteiger partial charge on any atom is -0.409 e. The van der Waals surface area contributed by atoms with Gasteiger partial charge in [0.1, 0.15) is 0 Å². The van der Waals surface area contributed by atoms with Gasteiger partial charge in [0.2, 0.25) is 0 Å². The molecule has 2 heterocycles. The molecular weight excluding hydrogens is 340 g/mol. The molecule has 1 aromatic rings. The summed E-state index contributed by atoms with van der Waals surface area (Å²) in [5, 5.41) is 12.0. The molecular formula is C13H21BrN4OS. The van der Waals surface area contributed by atoms with Crippen LogP contribution in [-0.2, 0) is 6.54 Å². The second-order valence-corrected chi connectivity index (χ2v) is 7.51. The van der Waals surface area contributed by atoms with Crippen LogP contribution in [0.3, 0.4) is 0 Å². The van der Waals surface area contributed by atoms with Crippen molar-refractivity contribution in [3.63, 3.8) is 0 Å². The van der Waals surface area contributed by atoms with Gasteiger partial charge >= 0.3 is 0 Å². The van der Waals surface area contributed by atoms with E-state index in [-0.39, 0.29) is 6.04 Å². The Hall–Kier alpha value is -0.630. The van der Waals surface area contributed by atoms with Crippen LogP contribution in [0.15, 0.2) is 21.1 Å². The molecule has 1 aromatic heterocycles. The summed E-state index contributed by atoms with van der Waals surface area (Å²) in [7, 11) is 0. The molecule has 0 radical (unpaired) electrons. The maximum absolute atomic E-state index is 8.84. The fraction of sp³-hybridized carbons (Fsp3) is 0.615. The summed E-state index contributed by atoms with van der Waals surface area (Å²) in [6.07, 6.45) is 0.869.